The summed E-state index contributed by atoms with van der Waals surface area (Å²) in [5.41, 5.74) is 0. The Morgan fingerprint density at radius 3 is 2.29 bits per heavy atom. The Hall–Kier alpha value is 0.499. The van der Waals surface area contributed by atoms with Gasteiger partial charge in [-0.15, -0.1) is 11.3 Å². The monoisotopic (exact) mass is 363 g/mol. The zero-order chi connectivity index (χ0) is 9.52. The van der Waals surface area contributed by atoms with Gasteiger partial charge in [0.25, 0.3) is 0 Å². The Labute approximate surface area is 131 Å². The van der Waals surface area contributed by atoms with Gasteiger partial charge in [0, 0.05) is 34.2 Å². The Bertz CT molecular complexity index is 207. The number of unbranched alkanes of at least 4 members (excludes halogenated alkanes) is 1. The third kappa shape index (κ3) is 11.3. The van der Waals surface area contributed by atoms with Crippen LogP contribution in [0, 0.1) is 11.3 Å². The SMILES string of the molecule is C.C.C.CCCCC(CC)Cc1cc[c]s1.[Sn]. The molecule has 0 saturated carbocycles. The van der Waals surface area contributed by atoms with E-state index in [1.807, 2.05) is 6.07 Å². The molecule has 0 N–H and O–H groups in total. The predicted octanol–water partition coefficient (Wildman–Crippen LogP) is 5.83. The molecule has 1 unspecified atom stereocenters. The van der Waals surface area contributed by atoms with Crippen LogP contribution in [0.15, 0.2) is 12.1 Å². The molecule has 1 heterocycles. The molecule has 5 radical (unpaired) electrons. The van der Waals surface area contributed by atoms with Crippen LogP contribution in [0.25, 0.3) is 0 Å². The first-order valence-corrected chi connectivity index (χ1v) is 6.13. The van der Waals surface area contributed by atoms with Crippen LogP contribution in [0.3, 0.4) is 0 Å². The summed E-state index contributed by atoms with van der Waals surface area (Å²) in [7, 11) is 0. The van der Waals surface area contributed by atoms with Gasteiger partial charge in [-0.25, -0.2) is 0 Å². The zero-order valence-corrected chi connectivity index (χ0v) is 12.8. The van der Waals surface area contributed by atoms with Crippen molar-refractivity contribution in [3.63, 3.8) is 0 Å². The maximum Gasteiger partial charge on any atom is 0.0445 e. The summed E-state index contributed by atoms with van der Waals surface area (Å²) in [6.07, 6.45) is 6.69. The van der Waals surface area contributed by atoms with Gasteiger partial charge in [-0.1, -0.05) is 61.8 Å². The molecule has 0 fully saturated rings. The van der Waals surface area contributed by atoms with Crippen LogP contribution in [0.1, 0.15) is 66.7 Å². The molecule has 1 atom stereocenters. The Morgan fingerprint density at radius 2 is 1.88 bits per heavy atom. The topological polar surface area (TPSA) is 0 Å². The average molecular weight is 362 g/mol. The van der Waals surface area contributed by atoms with E-state index in [1.54, 1.807) is 11.3 Å². The van der Waals surface area contributed by atoms with E-state index in [2.05, 4.69) is 25.3 Å². The zero-order valence-electron chi connectivity index (χ0n) is 9.18. The normalized spacial score (nSPS) is 10.0. The second-order valence-corrected chi connectivity index (χ2v) is 4.60. The summed E-state index contributed by atoms with van der Waals surface area (Å²) in [6.45, 7) is 4.57. The van der Waals surface area contributed by atoms with E-state index >= 15 is 0 Å². The smallest absolute Gasteiger partial charge is 0.0445 e. The van der Waals surface area contributed by atoms with Crippen LogP contribution in [-0.2, 0) is 6.42 Å². The third-order valence-corrected chi connectivity index (χ3v) is 3.38. The number of rotatable bonds is 6. The summed E-state index contributed by atoms with van der Waals surface area (Å²) in [5, 5.41) is 3.16. The molecule has 0 nitrogen and oxygen atoms in total. The van der Waals surface area contributed by atoms with Gasteiger partial charge < -0.3 is 0 Å². The molecule has 1 aromatic heterocycles. The van der Waals surface area contributed by atoms with Crippen molar-refractivity contribution in [2.45, 2.75) is 68.2 Å². The van der Waals surface area contributed by atoms with Crippen molar-refractivity contribution in [1.29, 1.82) is 0 Å². The summed E-state index contributed by atoms with van der Waals surface area (Å²) in [5.74, 6) is 0.895. The van der Waals surface area contributed by atoms with Gasteiger partial charge in [0.15, 0.2) is 0 Å². The van der Waals surface area contributed by atoms with Crippen LogP contribution in [0.2, 0.25) is 0 Å². The van der Waals surface area contributed by atoms with E-state index in [-0.39, 0.29) is 46.2 Å². The van der Waals surface area contributed by atoms with Crippen molar-refractivity contribution < 1.29 is 0 Å². The predicted molar refractivity (Wildman–Crippen MR) is 86.1 cm³/mol. The molecule has 0 aliphatic rings. The molecule has 101 valence electrons. The summed E-state index contributed by atoms with van der Waals surface area (Å²) < 4.78 is 0. The molecule has 1 aromatic rings. The molecule has 0 aliphatic heterocycles. The first-order valence-electron chi connectivity index (χ1n) is 5.31. The van der Waals surface area contributed by atoms with Gasteiger partial charge in [-0.2, -0.15) is 0 Å². The van der Waals surface area contributed by atoms with E-state index in [1.165, 1.54) is 37.0 Å². The van der Waals surface area contributed by atoms with Gasteiger partial charge in [0.2, 0.25) is 0 Å². The Morgan fingerprint density at radius 1 is 1.24 bits per heavy atom. The fourth-order valence-corrected chi connectivity index (χ4v) is 2.35. The average Bonchev–Trinajstić information content (AvgIpc) is 2.64. The number of hydrogen-bond acceptors (Lipinski definition) is 1. The Kier molecular flexibility index (Phi) is 25.4. The minimum absolute atomic E-state index is 0. The van der Waals surface area contributed by atoms with E-state index in [4.69, 9.17) is 0 Å². The second kappa shape index (κ2) is 16.5. The van der Waals surface area contributed by atoms with E-state index in [0.29, 0.717) is 0 Å². The maximum absolute atomic E-state index is 3.16. The van der Waals surface area contributed by atoms with Crippen molar-refractivity contribution >= 4 is 35.2 Å². The molecule has 0 spiro atoms. The first-order chi connectivity index (χ1) is 6.36. The molecule has 0 bridgehead atoms. The van der Waals surface area contributed by atoms with Crippen molar-refractivity contribution in [3.05, 3.63) is 22.4 Å². The Balaban J connectivity index is -0.000000211. The second-order valence-electron chi connectivity index (χ2n) is 3.64. The van der Waals surface area contributed by atoms with Crippen molar-refractivity contribution in [2.24, 2.45) is 5.92 Å². The fourth-order valence-electron chi connectivity index (χ4n) is 1.61. The van der Waals surface area contributed by atoms with Gasteiger partial charge in [0.05, 0.1) is 0 Å². The fraction of sp³-hybridized carbons (Fsp3) is 0.733. The molecule has 2 heteroatoms. The minimum atomic E-state index is 0. The van der Waals surface area contributed by atoms with Crippen LogP contribution >= 0.6 is 11.3 Å². The van der Waals surface area contributed by atoms with Crippen molar-refractivity contribution in [2.75, 3.05) is 0 Å². The minimum Gasteiger partial charge on any atom is -0.139 e. The van der Waals surface area contributed by atoms with Crippen LogP contribution < -0.4 is 0 Å². The van der Waals surface area contributed by atoms with Crippen molar-refractivity contribution in [3.8, 4) is 0 Å². The first kappa shape index (κ1) is 26.1. The van der Waals surface area contributed by atoms with Gasteiger partial charge in [-0.05, 0) is 24.5 Å². The van der Waals surface area contributed by atoms with E-state index < -0.39 is 0 Å². The molecule has 17 heavy (non-hydrogen) atoms. The van der Waals surface area contributed by atoms with Gasteiger partial charge in [-0.3, -0.25) is 0 Å². The number of hydrogen-bond donors (Lipinski definition) is 0. The van der Waals surface area contributed by atoms with Crippen LogP contribution in [-0.4, -0.2) is 23.9 Å². The number of thiophene rings is 1. The van der Waals surface area contributed by atoms with Gasteiger partial charge >= 0.3 is 0 Å². The molecule has 0 aromatic carbocycles. The van der Waals surface area contributed by atoms with E-state index in [0.717, 1.165) is 5.92 Å². The molecule has 0 amide bonds. The molecular formula is C15H31SSn. The quantitative estimate of drug-likeness (QED) is 0.558. The van der Waals surface area contributed by atoms with Crippen molar-refractivity contribution in [1.82, 2.24) is 0 Å². The summed E-state index contributed by atoms with van der Waals surface area (Å²) in [4.78, 5) is 1.50. The van der Waals surface area contributed by atoms with E-state index in [9.17, 15) is 0 Å². The maximum atomic E-state index is 3.16. The third-order valence-electron chi connectivity index (χ3n) is 2.56. The molecular weight excluding hydrogens is 331 g/mol. The standard InChI is InChI=1S/C12H19S.3CH4.Sn/c1-3-5-7-11(4-2)10-12-8-6-9-13-12;;;;/h6,8,11H,3-5,7,10H2,1-2H3;3*1H4;. The van der Waals surface area contributed by atoms with Crippen LogP contribution in [0.5, 0.6) is 0 Å². The molecule has 0 saturated heterocycles. The largest absolute Gasteiger partial charge is 0.139 e. The molecule has 0 aliphatic carbocycles. The summed E-state index contributed by atoms with van der Waals surface area (Å²) >= 11 is 1.78. The summed E-state index contributed by atoms with van der Waals surface area (Å²) in [6, 6.07) is 4.24. The van der Waals surface area contributed by atoms with Gasteiger partial charge in [0.1, 0.15) is 0 Å². The van der Waals surface area contributed by atoms with Crippen LogP contribution in [0.4, 0.5) is 0 Å². The molecule has 1 rings (SSSR count).